The number of rotatable bonds is 3. The molecule has 0 aliphatic heterocycles. The van der Waals surface area contributed by atoms with Crippen LogP contribution in [0.25, 0.3) is 5.69 Å². The minimum atomic E-state index is -0.145. The van der Waals surface area contributed by atoms with Crippen molar-refractivity contribution in [1.82, 2.24) is 20.3 Å². The average Bonchev–Trinajstić information content (AvgIpc) is 3.18. The zero-order valence-electron chi connectivity index (χ0n) is 17.0. The Labute approximate surface area is 164 Å². The first-order chi connectivity index (χ1) is 13.2. The second-order valence-corrected chi connectivity index (χ2v) is 8.56. The molecule has 28 heavy (non-hydrogen) atoms. The summed E-state index contributed by atoms with van der Waals surface area (Å²) in [6.07, 6.45) is 3.66. The fraction of sp³-hybridized carbons (Fsp3) is 0.409. The van der Waals surface area contributed by atoms with Crippen molar-refractivity contribution >= 4 is 5.91 Å². The van der Waals surface area contributed by atoms with Crippen LogP contribution in [0.3, 0.4) is 0 Å². The molecule has 2 aromatic heterocycles. The number of fused-ring (bicyclic) bond motifs is 1. The van der Waals surface area contributed by atoms with Crippen LogP contribution in [0, 0.1) is 26.2 Å². The van der Waals surface area contributed by atoms with E-state index in [1.54, 1.807) is 13.8 Å². The quantitative estimate of drug-likeness (QED) is 0.740. The van der Waals surface area contributed by atoms with Crippen molar-refractivity contribution in [1.29, 1.82) is 0 Å². The van der Waals surface area contributed by atoms with Crippen LogP contribution in [0.2, 0.25) is 0 Å². The largest absolute Gasteiger partial charge is 0.361 e. The van der Waals surface area contributed by atoms with Crippen LogP contribution in [-0.2, 0) is 6.42 Å². The SMILES string of the molecule is Cc1ccc(-n2ncc3c2CC(C)(C)C[C@@H]3NC(=O)c2c(C)noc2C)cc1. The van der Waals surface area contributed by atoms with Gasteiger partial charge in [0.1, 0.15) is 11.3 Å². The highest BCUT2D eigenvalue weighted by molar-refractivity contribution is 5.96. The number of aromatic nitrogens is 3. The van der Waals surface area contributed by atoms with E-state index in [1.807, 2.05) is 10.9 Å². The van der Waals surface area contributed by atoms with E-state index in [4.69, 9.17) is 4.52 Å². The maximum atomic E-state index is 12.9. The topological polar surface area (TPSA) is 73.0 Å². The van der Waals surface area contributed by atoms with Gasteiger partial charge >= 0.3 is 0 Å². The Morgan fingerprint density at radius 1 is 1.21 bits per heavy atom. The number of benzene rings is 1. The lowest BCUT2D eigenvalue weighted by Crippen LogP contribution is -2.37. The van der Waals surface area contributed by atoms with Crippen LogP contribution < -0.4 is 5.32 Å². The highest BCUT2D eigenvalue weighted by Gasteiger charge is 2.36. The van der Waals surface area contributed by atoms with Gasteiger partial charge in [-0.1, -0.05) is 36.7 Å². The van der Waals surface area contributed by atoms with Crippen molar-refractivity contribution in [2.75, 3.05) is 0 Å². The Bertz CT molecular complexity index is 1010. The van der Waals surface area contributed by atoms with Crippen molar-refractivity contribution < 1.29 is 9.32 Å². The van der Waals surface area contributed by atoms with E-state index in [0.29, 0.717) is 17.0 Å². The minimum absolute atomic E-state index is 0.0478. The number of hydrogen-bond donors (Lipinski definition) is 1. The molecule has 6 nitrogen and oxygen atoms in total. The van der Waals surface area contributed by atoms with E-state index in [2.05, 4.69) is 60.6 Å². The van der Waals surface area contributed by atoms with E-state index >= 15 is 0 Å². The van der Waals surface area contributed by atoms with E-state index < -0.39 is 0 Å². The Morgan fingerprint density at radius 3 is 2.57 bits per heavy atom. The molecule has 146 valence electrons. The fourth-order valence-corrected chi connectivity index (χ4v) is 4.12. The van der Waals surface area contributed by atoms with Gasteiger partial charge in [0.2, 0.25) is 0 Å². The average molecular weight is 378 g/mol. The molecule has 1 aliphatic rings. The maximum Gasteiger partial charge on any atom is 0.257 e. The van der Waals surface area contributed by atoms with Gasteiger partial charge in [-0.25, -0.2) is 4.68 Å². The number of aryl methyl sites for hydroxylation is 3. The molecule has 3 aromatic rings. The first kappa shape index (κ1) is 18.5. The van der Waals surface area contributed by atoms with E-state index in [9.17, 15) is 4.79 Å². The van der Waals surface area contributed by atoms with Crippen molar-refractivity contribution in [3.8, 4) is 5.69 Å². The molecule has 0 spiro atoms. The molecule has 1 aromatic carbocycles. The highest BCUT2D eigenvalue weighted by Crippen LogP contribution is 2.41. The van der Waals surface area contributed by atoms with Crippen molar-refractivity contribution in [2.45, 2.75) is 53.5 Å². The normalized spacial score (nSPS) is 18.0. The van der Waals surface area contributed by atoms with E-state index in [1.165, 1.54) is 5.56 Å². The zero-order chi connectivity index (χ0) is 20.1. The molecule has 1 N–H and O–H groups in total. The second-order valence-electron chi connectivity index (χ2n) is 8.56. The molecule has 6 heteroatoms. The van der Waals surface area contributed by atoms with Gasteiger partial charge in [-0.3, -0.25) is 4.79 Å². The van der Waals surface area contributed by atoms with Crippen LogP contribution in [0.1, 0.15) is 64.9 Å². The highest BCUT2D eigenvalue weighted by atomic mass is 16.5. The second kappa shape index (κ2) is 6.62. The standard InChI is InChI=1S/C22H26N4O2/c1-13-6-8-16(9-7-13)26-19-11-22(4,5)10-18(17(19)12-23-26)24-21(27)20-14(2)25-28-15(20)3/h6-9,12,18H,10-11H2,1-5H3,(H,24,27)/t18-/m0/s1. The third kappa shape index (κ3) is 3.23. The lowest BCUT2D eigenvalue weighted by molar-refractivity contribution is 0.0917. The molecule has 1 atom stereocenters. The van der Waals surface area contributed by atoms with Crippen molar-refractivity contribution in [3.05, 3.63) is 64.3 Å². The number of hydrogen-bond acceptors (Lipinski definition) is 4. The number of nitrogens with zero attached hydrogens (tertiary/aromatic N) is 3. The van der Waals surface area contributed by atoms with Gasteiger partial charge in [-0.05, 0) is 51.2 Å². The van der Waals surface area contributed by atoms with Crippen LogP contribution in [-0.4, -0.2) is 20.8 Å². The van der Waals surface area contributed by atoms with Gasteiger partial charge in [0.15, 0.2) is 0 Å². The molecular weight excluding hydrogens is 352 g/mol. The summed E-state index contributed by atoms with van der Waals surface area (Å²) in [4.78, 5) is 12.9. The molecule has 4 rings (SSSR count). The summed E-state index contributed by atoms with van der Waals surface area (Å²) in [6.45, 7) is 10.1. The molecule has 0 radical (unpaired) electrons. The number of nitrogens with one attached hydrogen (secondary N) is 1. The van der Waals surface area contributed by atoms with Crippen LogP contribution in [0.5, 0.6) is 0 Å². The van der Waals surface area contributed by atoms with Gasteiger partial charge in [0.25, 0.3) is 5.91 Å². The number of amides is 1. The van der Waals surface area contributed by atoms with Gasteiger partial charge < -0.3 is 9.84 Å². The Balaban J connectivity index is 1.70. The molecule has 0 bridgehead atoms. The van der Waals surface area contributed by atoms with E-state index in [-0.39, 0.29) is 17.4 Å². The Kier molecular flexibility index (Phi) is 4.37. The third-order valence-electron chi connectivity index (χ3n) is 5.52. The smallest absolute Gasteiger partial charge is 0.257 e. The molecular formula is C22H26N4O2. The Hall–Kier alpha value is -2.89. The lowest BCUT2D eigenvalue weighted by Gasteiger charge is -2.36. The summed E-state index contributed by atoms with van der Waals surface area (Å²) >= 11 is 0. The molecule has 2 heterocycles. The predicted molar refractivity (Wildman–Crippen MR) is 107 cm³/mol. The molecule has 1 aliphatic carbocycles. The molecule has 0 unspecified atom stereocenters. The van der Waals surface area contributed by atoms with Gasteiger partial charge in [-0.15, -0.1) is 0 Å². The zero-order valence-corrected chi connectivity index (χ0v) is 17.0. The van der Waals surface area contributed by atoms with Crippen LogP contribution in [0.15, 0.2) is 35.0 Å². The van der Waals surface area contributed by atoms with Crippen LogP contribution in [0.4, 0.5) is 0 Å². The molecule has 0 saturated carbocycles. The Morgan fingerprint density at radius 2 is 1.93 bits per heavy atom. The predicted octanol–water partition coefficient (Wildman–Crippen LogP) is 4.23. The summed E-state index contributed by atoms with van der Waals surface area (Å²) < 4.78 is 7.16. The van der Waals surface area contributed by atoms with Gasteiger partial charge in [0.05, 0.1) is 29.3 Å². The van der Waals surface area contributed by atoms with Crippen LogP contribution >= 0.6 is 0 Å². The first-order valence-electron chi connectivity index (χ1n) is 9.63. The first-order valence-corrected chi connectivity index (χ1v) is 9.63. The van der Waals surface area contributed by atoms with Crippen molar-refractivity contribution in [2.24, 2.45) is 5.41 Å². The molecule has 0 saturated heterocycles. The lowest BCUT2D eigenvalue weighted by atomic mass is 9.74. The summed E-state index contributed by atoms with van der Waals surface area (Å²) in [5, 5.41) is 11.8. The minimum Gasteiger partial charge on any atom is -0.361 e. The van der Waals surface area contributed by atoms with Crippen molar-refractivity contribution in [3.63, 3.8) is 0 Å². The monoisotopic (exact) mass is 378 g/mol. The van der Waals surface area contributed by atoms with Gasteiger partial charge in [0, 0.05) is 5.56 Å². The summed E-state index contributed by atoms with van der Waals surface area (Å²) in [7, 11) is 0. The summed E-state index contributed by atoms with van der Waals surface area (Å²) in [5.41, 5.74) is 5.68. The van der Waals surface area contributed by atoms with Gasteiger partial charge in [-0.2, -0.15) is 5.10 Å². The molecule has 0 fully saturated rings. The summed E-state index contributed by atoms with van der Waals surface area (Å²) in [5.74, 6) is 0.397. The maximum absolute atomic E-state index is 12.9. The number of carbonyl (C=O) groups excluding carboxylic acids is 1. The number of carbonyl (C=O) groups is 1. The summed E-state index contributed by atoms with van der Waals surface area (Å²) in [6, 6.07) is 8.25. The fourth-order valence-electron chi connectivity index (χ4n) is 4.12. The molecule has 1 amide bonds. The van der Waals surface area contributed by atoms with E-state index in [0.717, 1.165) is 29.8 Å². The third-order valence-corrected chi connectivity index (χ3v) is 5.52.